The quantitative estimate of drug-likeness (QED) is 0.737. The molecule has 114 valence electrons. The first-order valence-corrected chi connectivity index (χ1v) is 7.92. The number of aromatic nitrogens is 1. The molecular formula is C20H24N2. The highest BCUT2D eigenvalue weighted by Crippen LogP contribution is 2.53. The van der Waals surface area contributed by atoms with Gasteiger partial charge in [0, 0.05) is 17.1 Å². The van der Waals surface area contributed by atoms with Crippen LogP contribution in [-0.2, 0) is 10.8 Å². The van der Waals surface area contributed by atoms with E-state index in [4.69, 9.17) is 0 Å². The van der Waals surface area contributed by atoms with Gasteiger partial charge in [-0.1, -0.05) is 31.5 Å². The summed E-state index contributed by atoms with van der Waals surface area (Å²) in [5.74, 6) is 0. The van der Waals surface area contributed by atoms with E-state index >= 15 is 0 Å². The minimum Gasteiger partial charge on any atom is -0.318 e. The molecule has 0 aliphatic heterocycles. The van der Waals surface area contributed by atoms with Crippen molar-refractivity contribution in [2.75, 3.05) is 0 Å². The number of hydrogen-bond donors (Lipinski definition) is 0. The van der Waals surface area contributed by atoms with E-state index in [1.165, 1.54) is 33.8 Å². The number of hydrogen-bond acceptors (Lipinski definition) is 1. The maximum atomic E-state index is 9.78. The molecule has 0 bridgehead atoms. The smallest absolute Gasteiger partial charge is 0.0822 e. The van der Waals surface area contributed by atoms with Crippen molar-refractivity contribution in [3.8, 4) is 11.8 Å². The fourth-order valence-electron chi connectivity index (χ4n) is 4.58. The summed E-state index contributed by atoms with van der Waals surface area (Å²) in [6.07, 6.45) is 0.900. The molecule has 0 fully saturated rings. The summed E-state index contributed by atoms with van der Waals surface area (Å²) < 4.78 is 2.32. The van der Waals surface area contributed by atoms with Gasteiger partial charge in [-0.15, -0.1) is 0 Å². The molecule has 2 nitrogen and oxygen atoms in total. The molecule has 1 heterocycles. The Hall–Kier alpha value is -2.01. The zero-order chi connectivity index (χ0) is 16.3. The van der Waals surface area contributed by atoms with Crippen LogP contribution in [0.25, 0.3) is 5.69 Å². The summed E-state index contributed by atoms with van der Waals surface area (Å²) in [5.41, 5.74) is 7.22. The van der Waals surface area contributed by atoms with Crippen LogP contribution < -0.4 is 0 Å². The van der Waals surface area contributed by atoms with Crippen LogP contribution in [-0.4, -0.2) is 4.57 Å². The van der Waals surface area contributed by atoms with Gasteiger partial charge in [0.05, 0.1) is 11.5 Å². The van der Waals surface area contributed by atoms with Gasteiger partial charge in [0.2, 0.25) is 0 Å². The van der Waals surface area contributed by atoms with Gasteiger partial charge in [-0.25, -0.2) is 0 Å². The lowest BCUT2D eigenvalue weighted by atomic mass is 9.80. The van der Waals surface area contributed by atoms with Gasteiger partial charge >= 0.3 is 0 Å². The Morgan fingerprint density at radius 3 is 2.05 bits per heavy atom. The van der Waals surface area contributed by atoms with E-state index in [0.29, 0.717) is 0 Å². The molecule has 0 amide bonds. The fraction of sp³-hybridized carbons (Fsp3) is 0.450. The van der Waals surface area contributed by atoms with Gasteiger partial charge < -0.3 is 4.57 Å². The molecule has 1 aromatic heterocycles. The monoisotopic (exact) mass is 292 g/mol. The first-order chi connectivity index (χ1) is 10.2. The number of benzene rings is 1. The molecule has 3 rings (SSSR count). The Bertz CT molecular complexity index is 785. The van der Waals surface area contributed by atoms with Gasteiger partial charge in [-0.05, 0) is 62.8 Å². The molecule has 2 heteroatoms. The summed E-state index contributed by atoms with van der Waals surface area (Å²) in [4.78, 5) is 0. The van der Waals surface area contributed by atoms with Crippen LogP contribution in [0.1, 0.15) is 55.3 Å². The normalized spacial score (nSPS) is 22.4. The average Bonchev–Trinajstić information content (AvgIpc) is 2.84. The van der Waals surface area contributed by atoms with Crippen molar-refractivity contribution in [2.45, 2.75) is 58.8 Å². The van der Waals surface area contributed by atoms with Crippen molar-refractivity contribution in [3.05, 3.63) is 52.3 Å². The standard InChI is InChI=1S/C20H24N2/c1-13-7-9-16(10-8-13)22-14(2)17-18(15(22)3)20(6,12-21)11-19(17,4)5/h7-10H,11H2,1-6H3. The summed E-state index contributed by atoms with van der Waals surface area (Å²) in [7, 11) is 0. The van der Waals surface area contributed by atoms with Gasteiger partial charge in [-0.3, -0.25) is 0 Å². The minimum atomic E-state index is -0.385. The molecular weight excluding hydrogens is 268 g/mol. The Balaban J connectivity index is 2.32. The van der Waals surface area contributed by atoms with Crippen molar-refractivity contribution in [1.29, 1.82) is 5.26 Å². The predicted octanol–water partition coefficient (Wildman–Crippen LogP) is 4.87. The van der Waals surface area contributed by atoms with Gasteiger partial charge in [-0.2, -0.15) is 5.26 Å². The molecule has 0 spiro atoms. The van der Waals surface area contributed by atoms with Crippen molar-refractivity contribution < 1.29 is 0 Å². The van der Waals surface area contributed by atoms with Crippen LogP contribution in [0.15, 0.2) is 24.3 Å². The second-order valence-corrected chi connectivity index (χ2v) is 7.60. The average molecular weight is 292 g/mol. The van der Waals surface area contributed by atoms with Crippen molar-refractivity contribution in [1.82, 2.24) is 4.57 Å². The zero-order valence-electron chi connectivity index (χ0n) is 14.4. The molecule has 2 aromatic rings. The fourth-order valence-corrected chi connectivity index (χ4v) is 4.58. The van der Waals surface area contributed by atoms with E-state index in [1.807, 2.05) is 0 Å². The summed E-state index contributed by atoms with van der Waals surface area (Å²) in [6.45, 7) is 13.1. The van der Waals surface area contributed by atoms with Crippen LogP contribution in [0.2, 0.25) is 0 Å². The molecule has 0 saturated carbocycles. The third-order valence-corrected chi connectivity index (χ3v) is 5.21. The second kappa shape index (κ2) is 4.49. The Morgan fingerprint density at radius 2 is 1.50 bits per heavy atom. The first kappa shape index (κ1) is 14.9. The van der Waals surface area contributed by atoms with Crippen molar-refractivity contribution in [3.63, 3.8) is 0 Å². The zero-order valence-corrected chi connectivity index (χ0v) is 14.4. The minimum absolute atomic E-state index is 0.0462. The Morgan fingerprint density at radius 1 is 0.955 bits per heavy atom. The number of rotatable bonds is 1. The van der Waals surface area contributed by atoms with Crippen LogP contribution in [0, 0.1) is 32.1 Å². The van der Waals surface area contributed by atoms with Gasteiger partial charge in [0.1, 0.15) is 0 Å². The lowest BCUT2D eigenvalue weighted by molar-refractivity contribution is 0.434. The van der Waals surface area contributed by atoms with E-state index < -0.39 is 0 Å². The summed E-state index contributed by atoms with van der Waals surface area (Å²) in [5, 5.41) is 9.78. The molecule has 0 saturated heterocycles. The third kappa shape index (κ3) is 1.85. The lowest BCUT2D eigenvalue weighted by Crippen LogP contribution is -2.22. The van der Waals surface area contributed by atoms with Crippen molar-refractivity contribution in [2.24, 2.45) is 0 Å². The molecule has 1 aliphatic carbocycles. The van der Waals surface area contributed by atoms with E-state index in [9.17, 15) is 5.26 Å². The summed E-state index contributed by atoms with van der Waals surface area (Å²) >= 11 is 0. The number of nitriles is 1. The van der Waals surface area contributed by atoms with E-state index in [1.54, 1.807) is 0 Å². The molecule has 1 atom stereocenters. The second-order valence-electron chi connectivity index (χ2n) is 7.60. The highest BCUT2D eigenvalue weighted by atomic mass is 15.0. The van der Waals surface area contributed by atoms with Crippen molar-refractivity contribution >= 4 is 0 Å². The SMILES string of the molecule is Cc1ccc(-n2c(C)c3c(c2C)C(C)(C#N)CC3(C)C)cc1. The maximum absolute atomic E-state index is 9.78. The predicted molar refractivity (Wildman–Crippen MR) is 90.6 cm³/mol. The maximum Gasteiger partial charge on any atom is 0.0822 e. The molecule has 1 unspecified atom stereocenters. The lowest BCUT2D eigenvalue weighted by Gasteiger charge is -2.24. The first-order valence-electron chi connectivity index (χ1n) is 7.92. The molecule has 22 heavy (non-hydrogen) atoms. The topological polar surface area (TPSA) is 28.7 Å². The Kier molecular flexibility index (Phi) is 3.04. The highest BCUT2D eigenvalue weighted by Gasteiger charge is 2.49. The number of aryl methyl sites for hydroxylation is 1. The Labute approximate surface area is 133 Å². The molecule has 0 radical (unpaired) electrons. The van der Waals surface area contributed by atoms with Gasteiger partial charge in [0.15, 0.2) is 0 Å². The van der Waals surface area contributed by atoms with Crippen LogP contribution in [0.3, 0.4) is 0 Å². The van der Waals surface area contributed by atoms with Crippen LogP contribution in [0.4, 0.5) is 0 Å². The summed E-state index contributed by atoms with van der Waals surface area (Å²) in [6, 6.07) is 11.2. The number of nitrogens with zero attached hydrogens (tertiary/aromatic N) is 2. The van der Waals surface area contributed by atoms with E-state index in [2.05, 4.69) is 76.4 Å². The van der Waals surface area contributed by atoms with Gasteiger partial charge in [0.25, 0.3) is 0 Å². The molecule has 1 aliphatic rings. The third-order valence-electron chi connectivity index (χ3n) is 5.21. The molecule has 1 aromatic carbocycles. The van der Waals surface area contributed by atoms with E-state index in [0.717, 1.165) is 6.42 Å². The van der Waals surface area contributed by atoms with Crippen LogP contribution in [0.5, 0.6) is 0 Å². The number of fused-ring (bicyclic) bond motifs is 1. The molecule has 0 N–H and O–H groups in total. The highest BCUT2D eigenvalue weighted by molar-refractivity contribution is 5.58. The van der Waals surface area contributed by atoms with E-state index in [-0.39, 0.29) is 10.8 Å². The van der Waals surface area contributed by atoms with Crippen LogP contribution >= 0.6 is 0 Å². The largest absolute Gasteiger partial charge is 0.318 e.